The van der Waals surface area contributed by atoms with Crippen LogP contribution >= 0.6 is 0 Å². The second-order valence-corrected chi connectivity index (χ2v) is 5.10. The van der Waals surface area contributed by atoms with Gasteiger partial charge in [-0.3, -0.25) is 14.3 Å². The molecule has 0 radical (unpaired) electrons. The van der Waals surface area contributed by atoms with E-state index >= 15 is 0 Å². The van der Waals surface area contributed by atoms with E-state index in [2.05, 4.69) is 15.0 Å². The molecule has 3 N–H and O–H groups in total. The van der Waals surface area contributed by atoms with Crippen LogP contribution < -0.4 is 11.2 Å². The Kier molecular flexibility index (Phi) is 5.19. The van der Waals surface area contributed by atoms with Gasteiger partial charge < -0.3 is 19.7 Å². The average molecular weight is 327 g/mol. The van der Waals surface area contributed by atoms with Crippen molar-refractivity contribution in [2.75, 3.05) is 20.3 Å². The Hall–Kier alpha value is -2.17. The highest BCUT2D eigenvalue weighted by Gasteiger charge is 2.55. The van der Waals surface area contributed by atoms with Gasteiger partial charge in [0.2, 0.25) is 0 Å². The molecule has 0 aliphatic carbocycles. The van der Waals surface area contributed by atoms with Crippen LogP contribution in [0.5, 0.6) is 0 Å². The molecule has 1 fully saturated rings. The largest absolute Gasteiger partial charge is 0.393 e. The number of aliphatic hydroxyl groups excluding tert-OH is 2. The molecular weight excluding hydrogens is 310 g/mol. The van der Waals surface area contributed by atoms with Crippen molar-refractivity contribution < 1.29 is 19.7 Å². The smallest absolute Gasteiger partial charge is 0.330 e. The number of rotatable bonds is 6. The highest BCUT2D eigenvalue weighted by Crippen LogP contribution is 2.40. The van der Waals surface area contributed by atoms with Crippen molar-refractivity contribution in [1.29, 1.82) is 0 Å². The van der Waals surface area contributed by atoms with Crippen molar-refractivity contribution in [2.45, 2.75) is 30.5 Å². The molecule has 0 bridgehead atoms. The average Bonchev–Trinajstić information content (AvgIpc) is 2.80. The molecule has 0 spiro atoms. The van der Waals surface area contributed by atoms with Crippen molar-refractivity contribution in [2.24, 2.45) is 5.11 Å². The van der Waals surface area contributed by atoms with E-state index in [1.165, 1.54) is 13.3 Å². The van der Waals surface area contributed by atoms with Crippen LogP contribution in [0.4, 0.5) is 0 Å². The molecule has 1 aromatic heterocycles. The van der Waals surface area contributed by atoms with Crippen LogP contribution in [0.2, 0.25) is 0 Å². The number of aromatic amines is 1. The number of azide groups is 1. The molecule has 23 heavy (non-hydrogen) atoms. The van der Waals surface area contributed by atoms with E-state index < -0.39 is 41.9 Å². The lowest BCUT2D eigenvalue weighted by Gasteiger charge is -2.29. The van der Waals surface area contributed by atoms with Crippen LogP contribution in [0.1, 0.15) is 12.6 Å². The number of nitrogens with one attached hydrogen (secondary N) is 1. The molecular formula is C12H17N5O6. The van der Waals surface area contributed by atoms with E-state index in [1.807, 2.05) is 0 Å². The predicted octanol–water partition coefficient (Wildman–Crippen LogP) is -1.13. The fourth-order valence-electron chi connectivity index (χ4n) is 2.62. The summed E-state index contributed by atoms with van der Waals surface area (Å²) in [6, 6.07) is 1.13. The summed E-state index contributed by atoms with van der Waals surface area (Å²) in [5.74, 6) is 0. The lowest BCUT2D eigenvalue weighted by atomic mass is 9.92. The third-order valence-corrected chi connectivity index (χ3v) is 3.85. The van der Waals surface area contributed by atoms with Gasteiger partial charge in [0.15, 0.2) is 6.23 Å². The molecule has 1 aliphatic rings. The van der Waals surface area contributed by atoms with Crippen LogP contribution in [-0.4, -0.2) is 57.8 Å². The number of nitrogens with zero attached hydrogens (tertiary/aromatic N) is 4. The maximum atomic E-state index is 11.9. The Balaban J connectivity index is 2.39. The predicted molar refractivity (Wildman–Crippen MR) is 76.7 cm³/mol. The van der Waals surface area contributed by atoms with E-state index in [0.29, 0.717) is 0 Å². The van der Waals surface area contributed by atoms with E-state index in [4.69, 9.17) is 15.0 Å². The summed E-state index contributed by atoms with van der Waals surface area (Å²) < 4.78 is 12.0. The number of ether oxygens (including phenoxy) is 2. The Morgan fingerprint density at radius 2 is 2.35 bits per heavy atom. The summed E-state index contributed by atoms with van der Waals surface area (Å²) in [5, 5.41) is 23.5. The maximum absolute atomic E-state index is 11.9. The number of H-pyrrole nitrogens is 1. The number of aromatic nitrogens is 2. The van der Waals surface area contributed by atoms with Gasteiger partial charge in [0, 0.05) is 30.8 Å². The van der Waals surface area contributed by atoms with Crippen LogP contribution in [0.25, 0.3) is 10.4 Å². The van der Waals surface area contributed by atoms with Crippen LogP contribution in [0, 0.1) is 0 Å². The molecule has 1 aromatic rings. The molecule has 1 saturated heterocycles. The summed E-state index contributed by atoms with van der Waals surface area (Å²) in [6.45, 7) is -0.582. The van der Waals surface area contributed by atoms with Gasteiger partial charge in [0.25, 0.3) is 5.56 Å². The van der Waals surface area contributed by atoms with Gasteiger partial charge in [0.05, 0.1) is 6.61 Å². The van der Waals surface area contributed by atoms with Gasteiger partial charge in [-0.05, 0) is 12.0 Å². The SMILES string of the molecule is COC1C(O)[C@](CO)(CCN=[N+]=[N-])O[C@H]1n1ccc(=O)[nH]c1=O. The van der Waals surface area contributed by atoms with E-state index in [0.717, 1.165) is 10.6 Å². The van der Waals surface area contributed by atoms with E-state index in [1.54, 1.807) is 0 Å². The lowest BCUT2D eigenvalue weighted by molar-refractivity contribution is -0.132. The highest BCUT2D eigenvalue weighted by molar-refractivity contribution is 5.03. The lowest BCUT2D eigenvalue weighted by Crippen LogP contribution is -2.47. The third kappa shape index (κ3) is 3.14. The van der Waals surface area contributed by atoms with Crippen molar-refractivity contribution in [1.82, 2.24) is 9.55 Å². The second kappa shape index (κ2) is 6.94. The molecule has 11 nitrogen and oxygen atoms in total. The third-order valence-electron chi connectivity index (χ3n) is 3.85. The molecule has 0 saturated carbocycles. The molecule has 4 atom stereocenters. The molecule has 1 aliphatic heterocycles. The van der Waals surface area contributed by atoms with E-state index in [-0.39, 0.29) is 13.0 Å². The Morgan fingerprint density at radius 3 is 2.91 bits per heavy atom. The number of aliphatic hydroxyl groups is 2. The van der Waals surface area contributed by atoms with Crippen LogP contribution in [0.15, 0.2) is 27.0 Å². The highest BCUT2D eigenvalue weighted by atomic mass is 16.6. The first-order chi connectivity index (χ1) is 11.0. The molecule has 11 heteroatoms. The fraction of sp³-hybridized carbons (Fsp3) is 0.667. The van der Waals surface area contributed by atoms with Crippen molar-refractivity contribution in [3.8, 4) is 0 Å². The minimum Gasteiger partial charge on any atom is -0.393 e. The quantitative estimate of drug-likeness (QED) is 0.340. The molecule has 126 valence electrons. The van der Waals surface area contributed by atoms with Crippen molar-refractivity contribution in [3.05, 3.63) is 43.5 Å². The molecule has 2 rings (SSSR count). The standard InChI is InChI=1S/C12H17N5O6/c1-22-8-9(20)12(6-18,3-4-14-16-13)23-10(8)17-5-2-7(19)15-11(17)21/h2,5,8-10,18,20H,3-4,6H2,1H3,(H,15,19,21)/t8?,9?,10-,12-/m1/s1. The van der Waals surface area contributed by atoms with Crippen LogP contribution in [-0.2, 0) is 9.47 Å². The van der Waals surface area contributed by atoms with Crippen molar-refractivity contribution >= 4 is 0 Å². The Bertz CT molecular complexity index is 710. The van der Waals surface area contributed by atoms with E-state index in [9.17, 15) is 19.8 Å². The maximum Gasteiger partial charge on any atom is 0.330 e. The van der Waals surface area contributed by atoms with Gasteiger partial charge >= 0.3 is 5.69 Å². The zero-order chi connectivity index (χ0) is 17.0. The van der Waals surface area contributed by atoms with Crippen molar-refractivity contribution in [3.63, 3.8) is 0 Å². The fourth-order valence-corrected chi connectivity index (χ4v) is 2.62. The topological polar surface area (TPSA) is 163 Å². The van der Waals surface area contributed by atoms with Crippen LogP contribution in [0.3, 0.4) is 0 Å². The number of methoxy groups -OCH3 is 1. The summed E-state index contributed by atoms with van der Waals surface area (Å²) in [4.78, 5) is 27.8. The molecule has 0 amide bonds. The second-order valence-electron chi connectivity index (χ2n) is 5.10. The normalized spacial score (nSPS) is 30.1. The summed E-state index contributed by atoms with van der Waals surface area (Å²) >= 11 is 0. The zero-order valence-corrected chi connectivity index (χ0v) is 12.3. The summed E-state index contributed by atoms with van der Waals surface area (Å²) in [7, 11) is 1.32. The van der Waals surface area contributed by atoms with Gasteiger partial charge in [-0.1, -0.05) is 5.11 Å². The Morgan fingerprint density at radius 1 is 1.61 bits per heavy atom. The first kappa shape index (κ1) is 17.2. The van der Waals surface area contributed by atoms with Gasteiger partial charge in [-0.15, -0.1) is 0 Å². The minimum atomic E-state index is -1.45. The van der Waals surface area contributed by atoms with Gasteiger partial charge in [-0.2, -0.15) is 0 Å². The summed E-state index contributed by atoms with van der Waals surface area (Å²) in [6.07, 6.45) is -2.04. The van der Waals surface area contributed by atoms with Gasteiger partial charge in [0.1, 0.15) is 17.8 Å². The Labute approximate surface area is 129 Å². The number of hydrogen-bond donors (Lipinski definition) is 3. The molecule has 2 heterocycles. The zero-order valence-electron chi connectivity index (χ0n) is 12.3. The van der Waals surface area contributed by atoms with Gasteiger partial charge in [-0.25, -0.2) is 4.79 Å². The first-order valence-electron chi connectivity index (χ1n) is 6.81. The number of hydrogen-bond acceptors (Lipinski definition) is 7. The monoisotopic (exact) mass is 327 g/mol. The molecule has 2 unspecified atom stereocenters. The minimum absolute atomic E-state index is 0.0161. The molecule has 0 aromatic carbocycles. The summed E-state index contributed by atoms with van der Waals surface area (Å²) in [5.41, 5.74) is 5.58. The first-order valence-corrected chi connectivity index (χ1v) is 6.81.